The molecule has 1 amide bonds. The van der Waals surface area contributed by atoms with Crippen LogP contribution in [0, 0.1) is 2.88 Å². The molecule has 1 aliphatic rings. The minimum absolute atomic E-state index is 0.0710. The molecule has 82 valence electrons. The van der Waals surface area contributed by atoms with Crippen molar-refractivity contribution in [2.75, 3.05) is 12.3 Å². The van der Waals surface area contributed by atoms with Gasteiger partial charge in [0.15, 0.2) is 0 Å². The van der Waals surface area contributed by atoms with Crippen LogP contribution in [0.15, 0.2) is 11.4 Å². The third kappa shape index (κ3) is 3.35. The fourth-order valence-corrected chi connectivity index (χ4v) is 4.07. The topological polar surface area (TPSA) is 29.1 Å². The van der Waals surface area contributed by atoms with E-state index in [1.54, 1.807) is 11.3 Å². The van der Waals surface area contributed by atoms with Crippen LogP contribution < -0.4 is 5.32 Å². The molecule has 15 heavy (non-hydrogen) atoms. The smallest absolute Gasteiger partial charge is 0.252 e. The summed E-state index contributed by atoms with van der Waals surface area (Å²) in [5.74, 6) is 1.32. The summed E-state index contributed by atoms with van der Waals surface area (Å²) in [5.41, 5.74) is 0.799. The van der Waals surface area contributed by atoms with Gasteiger partial charge in [0.05, 0.1) is 8.45 Å². The summed E-state index contributed by atoms with van der Waals surface area (Å²) in [7, 11) is 0. The van der Waals surface area contributed by atoms with E-state index in [2.05, 4.69) is 27.9 Å². The van der Waals surface area contributed by atoms with E-state index in [9.17, 15) is 4.79 Å². The van der Waals surface area contributed by atoms with E-state index < -0.39 is 0 Å². The van der Waals surface area contributed by atoms with Gasteiger partial charge in [0, 0.05) is 17.2 Å². The molecule has 5 heteroatoms. The van der Waals surface area contributed by atoms with E-state index in [0.717, 1.165) is 15.0 Å². The van der Waals surface area contributed by atoms with Crippen molar-refractivity contribution in [1.82, 2.24) is 5.32 Å². The highest BCUT2D eigenvalue weighted by molar-refractivity contribution is 14.1. The molecule has 0 aromatic carbocycles. The maximum absolute atomic E-state index is 11.7. The minimum Gasteiger partial charge on any atom is -0.351 e. The van der Waals surface area contributed by atoms with Crippen LogP contribution in [-0.4, -0.2) is 23.5 Å². The van der Waals surface area contributed by atoms with E-state index >= 15 is 0 Å². The number of halogens is 1. The summed E-state index contributed by atoms with van der Waals surface area (Å²) in [5, 5.41) is 5.54. The summed E-state index contributed by atoms with van der Waals surface area (Å²) >= 11 is 5.82. The molecule has 2 rings (SSSR count). The number of carbonyl (C=O) groups is 1. The quantitative estimate of drug-likeness (QED) is 0.847. The van der Waals surface area contributed by atoms with Gasteiger partial charge < -0.3 is 5.32 Å². The summed E-state index contributed by atoms with van der Waals surface area (Å²) in [6.07, 6.45) is 2.54. The highest BCUT2D eigenvalue weighted by Crippen LogP contribution is 2.25. The highest BCUT2D eigenvalue weighted by Gasteiger charge is 2.16. The number of thiophene rings is 1. The third-order valence-corrected chi connectivity index (χ3v) is 5.53. The Morgan fingerprint density at radius 3 is 3.13 bits per heavy atom. The number of amides is 1. The summed E-state index contributed by atoms with van der Waals surface area (Å²) in [6.45, 7) is 0.815. The van der Waals surface area contributed by atoms with Gasteiger partial charge in [-0.1, -0.05) is 0 Å². The Kier molecular flexibility index (Phi) is 4.33. The van der Waals surface area contributed by atoms with Gasteiger partial charge in [-0.3, -0.25) is 4.79 Å². The summed E-state index contributed by atoms with van der Waals surface area (Å²) in [6, 6.07) is 1.93. The van der Waals surface area contributed by atoms with E-state index in [0.29, 0.717) is 5.25 Å². The molecule has 1 fully saturated rings. The van der Waals surface area contributed by atoms with Gasteiger partial charge in [-0.15, -0.1) is 11.3 Å². The largest absolute Gasteiger partial charge is 0.351 e. The van der Waals surface area contributed by atoms with Crippen molar-refractivity contribution in [1.29, 1.82) is 0 Å². The molecular weight excluding hydrogens is 341 g/mol. The van der Waals surface area contributed by atoms with Crippen molar-refractivity contribution < 1.29 is 4.79 Å². The van der Waals surface area contributed by atoms with Crippen molar-refractivity contribution in [2.45, 2.75) is 18.1 Å². The predicted molar refractivity (Wildman–Crippen MR) is 74.8 cm³/mol. The Morgan fingerprint density at radius 1 is 1.67 bits per heavy atom. The van der Waals surface area contributed by atoms with Crippen molar-refractivity contribution in [2.24, 2.45) is 0 Å². The first-order chi connectivity index (χ1) is 7.25. The van der Waals surface area contributed by atoms with E-state index in [1.807, 2.05) is 23.2 Å². The number of rotatable bonds is 3. The average molecular weight is 353 g/mol. The lowest BCUT2D eigenvalue weighted by Gasteiger charge is -2.08. The number of hydrogen-bond donors (Lipinski definition) is 1. The molecule has 1 aromatic rings. The Hall–Kier alpha value is 0.250. The molecule has 1 N–H and O–H groups in total. The molecule has 0 bridgehead atoms. The molecular formula is C10H12INOS2. The molecule has 2 nitrogen and oxygen atoms in total. The molecule has 1 aliphatic heterocycles. The first-order valence-electron chi connectivity index (χ1n) is 4.89. The van der Waals surface area contributed by atoms with Crippen molar-refractivity contribution in [3.8, 4) is 0 Å². The zero-order chi connectivity index (χ0) is 10.7. The minimum atomic E-state index is 0.0710. The molecule has 1 aromatic heterocycles. The van der Waals surface area contributed by atoms with Crippen molar-refractivity contribution in [3.63, 3.8) is 0 Å². The van der Waals surface area contributed by atoms with Gasteiger partial charge in [0.2, 0.25) is 0 Å². The average Bonchev–Trinajstić information content (AvgIpc) is 2.84. The molecule has 1 unspecified atom stereocenters. The number of thioether (sulfide) groups is 1. The number of nitrogens with one attached hydrogen (secondary N) is 1. The van der Waals surface area contributed by atoms with Crippen LogP contribution in [0.2, 0.25) is 0 Å². The van der Waals surface area contributed by atoms with Gasteiger partial charge >= 0.3 is 0 Å². The molecule has 0 aliphatic carbocycles. The van der Waals surface area contributed by atoms with Crippen LogP contribution in [0.25, 0.3) is 0 Å². The van der Waals surface area contributed by atoms with Gasteiger partial charge in [0.25, 0.3) is 5.91 Å². The first kappa shape index (κ1) is 11.7. The van der Waals surface area contributed by atoms with Crippen LogP contribution in [0.4, 0.5) is 0 Å². The van der Waals surface area contributed by atoms with Gasteiger partial charge in [0.1, 0.15) is 0 Å². The molecule has 0 saturated carbocycles. The second kappa shape index (κ2) is 5.54. The van der Waals surface area contributed by atoms with Crippen LogP contribution in [0.3, 0.4) is 0 Å². The molecule has 0 radical (unpaired) electrons. The van der Waals surface area contributed by atoms with Crippen molar-refractivity contribution >= 4 is 51.6 Å². The zero-order valence-corrected chi connectivity index (χ0v) is 12.0. The third-order valence-electron chi connectivity index (χ3n) is 2.34. The van der Waals surface area contributed by atoms with E-state index in [-0.39, 0.29) is 5.91 Å². The second-order valence-corrected chi connectivity index (χ2v) is 7.70. The fraction of sp³-hybridized carbons (Fsp3) is 0.500. The maximum Gasteiger partial charge on any atom is 0.252 e. The van der Waals surface area contributed by atoms with Crippen LogP contribution in [0.1, 0.15) is 23.2 Å². The number of hydrogen-bond acceptors (Lipinski definition) is 3. The lowest BCUT2D eigenvalue weighted by molar-refractivity contribution is 0.0954. The predicted octanol–water partition coefficient (Wildman–Crippen LogP) is 2.98. The molecule has 2 heterocycles. The maximum atomic E-state index is 11.7. The van der Waals surface area contributed by atoms with Gasteiger partial charge in [-0.25, -0.2) is 0 Å². The normalized spacial score (nSPS) is 20.5. The molecule has 1 atom stereocenters. The number of carbonyl (C=O) groups excluding carboxylic acids is 1. The summed E-state index contributed by atoms with van der Waals surface area (Å²) in [4.78, 5) is 11.7. The monoisotopic (exact) mass is 353 g/mol. The zero-order valence-electron chi connectivity index (χ0n) is 8.16. The van der Waals surface area contributed by atoms with Crippen molar-refractivity contribution in [3.05, 3.63) is 19.9 Å². The lowest BCUT2D eigenvalue weighted by atomic mass is 10.2. The molecule has 1 saturated heterocycles. The summed E-state index contributed by atoms with van der Waals surface area (Å²) < 4.78 is 1.16. The van der Waals surface area contributed by atoms with E-state index in [1.165, 1.54) is 18.6 Å². The van der Waals surface area contributed by atoms with Gasteiger partial charge in [-0.05, 0) is 47.3 Å². The van der Waals surface area contributed by atoms with Crippen LogP contribution in [0.5, 0.6) is 0 Å². The Bertz CT molecular complexity index is 347. The van der Waals surface area contributed by atoms with Crippen LogP contribution in [-0.2, 0) is 0 Å². The Morgan fingerprint density at radius 2 is 2.53 bits per heavy atom. The van der Waals surface area contributed by atoms with Gasteiger partial charge in [-0.2, -0.15) is 11.8 Å². The SMILES string of the molecule is O=C(NCC1CCCS1)c1csc(I)c1. The Labute approximate surface area is 111 Å². The standard InChI is InChI=1S/C10H12INOS2/c11-9-4-7(6-15-9)10(13)12-5-8-2-1-3-14-8/h4,6,8H,1-3,5H2,(H,12,13). The Balaban J connectivity index is 1.81. The van der Waals surface area contributed by atoms with Crippen LogP contribution >= 0.6 is 45.7 Å². The highest BCUT2D eigenvalue weighted by atomic mass is 127. The first-order valence-corrected chi connectivity index (χ1v) is 7.90. The molecule has 0 spiro atoms. The lowest BCUT2D eigenvalue weighted by Crippen LogP contribution is -2.29. The fourth-order valence-electron chi connectivity index (χ4n) is 1.54. The van der Waals surface area contributed by atoms with E-state index in [4.69, 9.17) is 0 Å². The second-order valence-electron chi connectivity index (χ2n) is 3.48.